The number of allylic oxidation sites excluding steroid dienone is 1. The van der Waals surface area contributed by atoms with E-state index in [1.165, 1.54) is 5.56 Å². The van der Waals surface area contributed by atoms with Crippen LogP contribution >= 0.6 is 11.6 Å². The van der Waals surface area contributed by atoms with Crippen molar-refractivity contribution < 1.29 is 4.79 Å². The maximum atomic E-state index is 12.2. The van der Waals surface area contributed by atoms with Gasteiger partial charge in [0.1, 0.15) is 6.04 Å². The third-order valence-corrected chi connectivity index (χ3v) is 5.14. The number of aromatic nitrogens is 3. The van der Waals surface area contributed by atoms with Gasteiger partial charge < -0.3 is 5.32 Å². The fraction of sp³-hybridized carbons (Fsp3) is 0.261. The van der Waals surface area contributed by atoms with E-state index >= 15 is 0 Å². The van der Waals surface area contributed by atoms with Crippen molar-refractivity contribution in [3.8, 4) is 0 Å². The Morgan fingerprint density at radius 3 is 2.53 bits per heavy atom. The number of carbonyl (C=O) groups excluding carboxylic acids is 1. The van der Waals surface area contributed by atoms with Crippen LogP contribution in [-0.4, -0.2) is 20.7 Å². The quantitative estimate of drug-likeness (QED) is 0.587. The number of hydrogen-bond acceptors (Lipinski definition) is 4. The second-order valence-electron chi connectivity index (χ2n) is 7.92. The van der Waals surface area contributed by atoms with Crippen LogP contribution in [0, 0.1) is 12.8 Å². The molecular weight excluding hydrogens is 398 g/mol. The molecule has 1 amide bonds. The number of nitrogens with one attached hydrogen (secondary N) is 2. The number of carbonyl (C=O) groups is 1. The molecule has 0 radical (unpaired) electrons. The average Bonchev–Trinajstić information content (AvgIpc) is 3.10. The number of anilines is 2. The van der Waals surface area contributed by atoms with Crippen molar-refractivity contribution in [2.24, 2.45) is 5.92 Å². The molecule has 0 saturated heterocycles. The van der Waals surface area contributed by atoms with Crippen LogP contribution in [0.15, 0.2) is 54.6 Å². The van der Waals surface area contributed by atoms with Gasteiger partial charge in [-0.2, -0.15) is 4.98 Å². The Hall–Kier alpha value is -3.12. The van der Waals surface area contributed by atoms with Gasteiger partial charge in [-0.3, -0.25) is 10.1 Å². The Kier molecular flexibility index (Phi) is 5.59. The predicted octanol–water partition coefficient (Wildman–Crippen LogP) is 5.28. The molecule has 4 rings (SSSR count). The maximum absolute atomic E-state index is 12.2. The van der Waals surface area contributed by atoms with Gasteiger partial charge in [0, 0.05) is 17.1 Å². The second kappa shape index (κ2) is 8.32. The molecule has 0 unspecified atom stereocenters. The van der Waals surface area contributed by atoms with Gasteiger partial charge in [-0.25, -0.2) is 4.68 Å². The van der Waals surface area contributed by atoms with E-state index in [2.05, 4.69) is 58.0 Å². The molecule has 30 heavy (non-hydrogen) atoms. The number of fused-ring (bicyclic) bond motifs is 1. The van der Waals surface area contributed by atoms with Crippen molar-refractivity contribution in [1.82, 2.24) is 14.8 Å². The number of amides is 1. The summed E-state index contributed by atoms with van der Waals surface area (Å²) in [5, 5.41) is 11.4. The zero-order valence-electron chi connectivity index (χ0n) is 17.2. The fourth-order valence-corrected chi connectivity index (χ4v) is 3.52. The van der Waals surface area contributed by atoms with Gasteiger partial charge in [0.25, 0.3) is 5.95 Å². The molecule has 0 aliphatic carbocycles. The molecule has 1 aliphatic heterocycles. The summed E-state index contributed by atoms with van der Waals surface area (Å²) >= 11 is 6.08. The van der Waals surface area contributed by atoms with E-state index in [0.717, 1.165) is 16.8 Å². The molecule has 2 heterocycles. The third kappa shape index (κ3) is 4.39. The van der Waals surface area contributed by atoms with Crippen LogP contribution < -0.4 is 10.6 Å². The SMILES string of the molecule is Cc1ccc(C2=C[C@@H](c3ccc(Cl)cc3)n3nc(NC(=O)CC(C)C)nc3N2)cc1. The molecule has 6 nitrogen and oxygen atoms in total. The largest absolute Gasteiger partial charge is 0.324 e. The topological polar surface area (TPSA) is 71.8 Å². The highest BCUT2D eigenvalue weighted by molar-refractivity contribution is 6.30. The summed E-state index contributed by atoms with van der Waals surface area (Å²) in [4.78, 5) is 16.7. The van der Waals surface area contributed by atoms with Crippen molar-refractivity contribution >= 4 is 35.1 Å². The lowest BCUT2D eigenvalue weighted by molar-refractivity contribution is -0.116. The lowest BCUT2D eigenvalue weighted by atomic mass is 10.0. The van der Waals surface area contributed by atoms with Gasteiger partial charge in [0.2, 0.25) is 11.9 Å². The lowest BCUT2D eigenvalue weighted by Crippen LogP contribution is -2.20. The lowest BCUT2D eigenvalue weighted by Gasteiger charge is -2.24. The molecule has 0 saturated carbocycles. The first-order valence-corrected chi connectivity index (χ1v) is 10.3. The number of hydrogen-bond donors (Lipinski definition) is 2. The standard InChI is InChI=1S/C23H24ClN5O/c1-14(2)12-21(30)26-22-27-23-25-19(16-6-4-15(3)5-7-16)13-20(29(23)28-22)17-8-10-18(24)11-9-17/h4-11,13-14,20H,12H2,1-3H3,(H2,25,26,27,28,30)/t20-/m0/s1. The van der Waals surface area contributed by atoms with E-state index in [9.17, 15) is 4.79 Å². The van der Waals surface area contributed by atoms with Crippen LogP contribution in [0.1, 0.15) is 43.0 Å². The Labute approximate surface area is 181 Å². The van der Waals surface area contributed by atoms with Gasteiger partial charge in [-0.05, 0) is 42.2 Å². The van der Waals surface area contributed by atoms with E-state index < -0.39 is 0 Å². The Morgan fingerprint density at radius 2 is 1.87 bits per heavy atom. The molecule has 1 aliphatic rings. The van der Waals surface area contributed by atoms with Crippen LogP contribution in [0.25, 0.3) is 5.70 Å². The highest BCUT2D eigenvalue weighted by atomic mass is 35.5. The summed E-state index contributed by atoms with van der Waals surface area (Å²) in [7, 11) is 0. The highest BCUT2D eigenvalue weighted by Gasteiger charge is 2.26. The summed E-state index contributed by atoms with van der Waals surface area (Å²) in [6, 6.07) is 15.8. The van der Waals surface area contributed by atoms with Crippen LogP contribution in [0.2, 0.25) is 5.02 Å². The summed E-state index contributed by atoms with van der Waals surface area (Å²) in [6.45, 7) is 6.06. The molecule has 2 aromatic carbocycles. The summed E-state index contributed by atoms with van der Waals surface area (Å²) in [5.41, 5.74) is 4.22. The van der Waals surface area contributed by atoms with Crippen molar-refractivity contribution in [1.29, 1.82) is 0 Å². The monoisotopic (exact) mass is 421 g/mol. The Balaban J connectivity index is 1.71. The van der Waals surface area contributed by atoms with Crippen LogP contribution in [0.4, 0.5) is 11.9 Å². The normalized spacial score (nSPS) is 15.4. The zero-order valence-corrected chi connectivity index (χ0v) is 17.9. The van der Waals surface area contributed by atoms with E-state index in [0.29, 0.717) is 23.3 Å². The highest BCUT2D eigenvalue weighted by Crippen LogP contribution is 2.33. The van der Waals surface area contributed by atoms with Crippen molar-refractivity contribution in [2.75, 3.05) is 10.6 Å². The molecule has 0 spiro atoms. The average molecular weight is 422 g/mol. The van der Waals surface area contributed by atoms with Crippen molar-refractivity contribution in [3.63, 3.8) is 0 Å². The predicted molar refractivity (Wildman–Crippen MR) is 120 cm³/mol. The Bertz CT molecular complexity index is 1080. The minimum atomic E-state index is -0.182. The number of benzene rings is 2. The molecule has 7 heteroatoms. The number of nitrogens with zero attached hydrogens (tertiary/aromatic N) is 3. The summed E-state index contributed by atoms with van der Waals surface area (Å²) < 4.78 is 1.78. The molecule has 1 atom stereocenters. The number of rotatable bonds is 5. The minimum Gasteiger partial charge on any atom is -0.324 e. The minimum absolute atomic E-state index is 0.0947. The maximum Gasteiger partial charge on any atom is 0.250 e. The van der Waals surface area contributed by atoms with E-state index in [1.807, 2.05) is 38.1 Å². The first-order valence-electron chi connectivity index (χ1n) is 9.97. The molecule has 0 fully saturated rings. The molecule has 1 aromatic heterocycles. The molecule has 2 N–H and O–H groups in total. The first-order chi connectivity index (χ1) is 14.4. The fourth-order valence-electron chi connectivity index (χ4n) is 3.39. The molecular formula is C23H24ClN5O. The smallest absolute Gasteiger partial charge is 0.250 e. The summed E-state index contributed by atoms with van der Waals surface area (Å²) in [5.74, 6) is 1.04. The zero-order chi connectivity index (χ0) is 21.3. The third-order valence-electron chi connectivity index (χ3n) is 4.88. The van der Waals surface area contributed by atoms with Crippen LogP contribution in [0.3, 0.4) is 0 Å². The van der Waals surface area contributed by atoms with Gasteiger partial charge in [-0.15, -0.1) is 5.10 Å². The van der Waals surface area contributed by atoms with Gasteiger partial charge >= 0.3 is 0 Å². The number of halogens is 1. The molecule has 0 bridgehead atoms. The van der Waals surface area contributed by atoms with Crippen molar-refractivity contribution in [3.05, 3.63) is 76.3 Å². The second-order valence-corrected chi connectivity index (χ2v) is 8.35. The van der Waals surface area contributed by atoms with E-state index in [4.69, 9.17) is 11.6 Å². The van der Waals surface area contributed by atoms with Gasteiger partial charge in [-0.1, -0.05) is 67.4 Å². The van der Waals surface area contributed by atoms with Gasteiger partial charge in [0.15, 0.2) is 0 Å². The molecule has 154 valence electrons. The number of aryl methyl sites for hydroxylation is 1. The van der Waals surface area contributed by atoms with Crippen molar-refractivity contribution in [2.45, 2.75) is 33.2 Å². The van der Waals surface area contributed by atoms with E-state index in [1.54, 1.807) is 4.68 Å². The Morgan fingerprint density at radius 1 is 1.17 bits per heavy atom. The van der Waals surface area contributed by atoms with E-state index in [-0.39, 0.29) is 17.9 Å². The summed E-state index contributed by atoms with van der Waals surface area (Å²) in [6.07, 6.45) is 2.53. The van der Waals surface area contributed by atoms with Gasteiger partial charge in [0.05, 0.1) is 0 Å². The first kappa shape index (κ1) is 20.2. The van der Waals surface area contributed by atoms with Crippen LogP contribution in [-0.2, 0) is 4.79 Å². The molecule has 3 aromatic rings. The van der Waals surface area contributed by atoms with Crippen LogP contribution in [0.5, 0.6) is 0 Å².